The zero-order chi connectivity index (χ0) is 17.5. The van der Waals surface area contributed by atoms with Gasteiger partial charge in [0.25, 0.3) is 5.91 Å². The van der Waals surface area contributed by atoms with Crippen molar-refractivity contribution in [3.05, 3.63) is 69.7 Å². The molecule has 0 radical (unpaired) electrons. The molecule has 0 aromatic heterocycles. The Labute approximate surface area is 149 Å². The van der Waals surface area contributed by atoms with Crippen molar-refractivity contribution in [2.45, 2.75) is 13.8 Å². The largest absolute Gasteiger partial charge is 0.452 e. The highest BCUT2D eigenvalue weighted by Crippen LogP contribution is 2.19. The first-order valence-corrected chi connectivity index (χ1v) is 8.21. The number of hydrogen-bond donors (Lipinski definition) is 1. The van der Waals surface area contributed by atoms with Gasteiger partial charge in [-0.25, -0.2) is 4.79 Å². The number of benzene rings is 2. The minimum absolute atomic E-state index is 0.327. The van der Waals surface area contributed by atoms with Crippen molar-refractivity contribution < 1.29 is 14.3 Å². The van der Waals surface area contributed by atoms with Crippen LogP contribution in [0, 0.1) is 13.8 Å². The van der Waals surface area contributed by atoms with E-state index in [0.717, 1.165) is 21.2 Å². The molecule has 1 amide bonds. The first-order chi connectivity index (χ1) is 11.4. The fourth-order valence-corrected chi connectivity index (χ4v) is 2.46. The predicted molar refractivity (Wildman–Crippen MR) is 98.7 cm³/mol. The van der Waals surface area contributed by atoms with Gasteiger partial charge in [-0.3, -0.25) is 4.79 Å². The second-order valence-corrected chi connectivity index (χ2v) is 6.27. The molecule has 0 heterocycles. The molecule has 2 aromatic carbocycles. The molecule has 1 N–H and O–H groups in total. The van der Waals surface area contributed by atoms with Gasteiger partial charge in [-0.1, -0.05) is 45.8 Å². The van der Waals surface area contributed by atoms with E-state index in [1.807, 2.05) is 50.2 Å². The number of rotatable bonds is 5. The molecular formula is C19H18BrNO3. The third-order valence-corrected chi connectivity index (χ3v) is 3.79. The quantitative estimate of drug-likeness (QED) is 0.615. The van der Waals surface area contributed by atoms with Crippen LogP contribution < -0.4 is 5.32 Å². The van der Waals surface area contributed by atoms with E-state index in [2.05, 4.69) is 21.2 Å². The summed E-state index contributed by atoms with van der Waals surface area (Å²) in [6, 6.07) is 13.2. The third kappa shape index (κ3) is 5.66. The van der Waals surface area contributed by atoms with Gasteiger partial charge in [0.2, 0.25) is 0 Å². The summed E-state index contributed by atoms with van der Waals surface area (Å²) in [5, 5.41) is 2.71. The second kappa shape index (κ2) is 8.45. The van der Waals surface area contributed by atoms with E-state index in [1.54, 1.807) is 12.1 Å². The number of carbonyl (C=O) groups is 2. The van der Waals surface area contributed by atoms with Crippen LogP contribution in [0.1, 0.15) is 16.7 Å². The lowest BCUT2D eigenvalue weighted by molar-refractivity contribution is -0.142. The number of nitrogens with one attached hydrogen (secondary N) is 1. The zero-order valence-corrected chi connectivity index (χ0v) is 15.1. The van der Waals surface area contributed by atoms with Gasteiger partial charge in [0, 0.05) is 16.2 Å². The molecule has 2 aromatic rings. The van der Waals surface area contributed by atoms with Crippen LogP contribution in [0.5, 0.6) is 0 Å². The fraction of sp³-hybridized carbons (Fsp3) is 0.158. The van der Waals surface area contributed by atoms with Gasteiger partial charge >= 0.3 is 5.97 Å². The van der Waals surface area contributed by atoms with Gasteiger partial charge in [-0.15, -0.1) is 0 Å². The summed E-state index contributed by atoms with van der Waals surface area (Å²) >= 11 is 3.36. The molecule has 4 nitrogen and oxygen atoms in total. The first kappa shape index (κ1) is 17.9. The Balaban J connectivity index is 1.82. The van der Waals surface area contributed by atoms with E-state index in [-0.39, 0.29) is 12.5 Å². The number of aryl methyl sites for hydroxylation is 2. The summed E-state index contributed by atoms with van der Waals surface area (Å²) in [4.78, 5) is 23.5. The van der Waals surface area contributed by atoms with Crippen molar-refractivity contribution in [2.24, 2.45) is 0 Å². The molecule has 0 fully saturated rings. The molecule has 0 bridgehead atoms. The van der Waals surface area contributed by atoms with Crippen molar-refractivity contribution in [2.75, 3.05) is 11.9 Å². The van der Waals surface area contributed by atoms with Gasteiger partial charge in [0.05, 0.1) is 0 Å². The summed E-state index contributed by atoms with van der Waals surface area (Å²) in [7, 11) is 0. The summed E-state index contributed by atoms with van der Waals surface area (Å²) < 4.78 is 5.87. The molecule has 0 saturated carbocycles. The number of halogens is 1. The summed E-state index contributed by atoms with van der Waals surface area (Å²) in [5.41, 5.74) is 3.65. The Morgan fingerprint density at radius 1 is 1.12 bits per heavy atom. The number of ether oxygens (including phenoxy) is 1. The van der Waals surface area contributed by atoms with Gasteiger partial charge in [-0.05, 0) is 49.2 Å². The maximum absolute atomic E-state index is 11.8. The Kier molecular flexibility index (Phi) is 6.32. The highest BCUT2D eigenvalue weighted by molar-refractivity contribution is 9.10. The van der Waals surface area contributed by atoms with Crippen molar-refractivity contribution in [1.29, 1.82) is 0 Å². The number of amides is 1. The Morgan fingerprint density at radius 2 is 1.83 bits per heavy atom. The van der Waals surface area contributed by atoms with E-state index in [9.17, 15) is 9.59 Å². The summed E-state index contributed by atoms with van der Waals surface area (Å²) in [6.45, 7) is 3.55. The predicted octanol–water partition coefficient (Wildman–Crippen LogP) is 4.26. The SMILES string of the molecule is Cc1ccc(/C=C/C(=O)OCC(=O)Nc2ccc(Br)cc2C)cc1. The molecule has 0 aliphatic carbocycles. The monoisotopic (exact) mass is 387 g/mol. The van der Waals surface area contributed by atoms with Crippen LogP contribution in [0.15, 0.2) is 53.0 Å². The van der Waals surface area contributed by atoms with Crippen molar-refractivity contribution in [3.8, 4) is 0 Å². The molecule has 2 rings (SSSR count). The molecule has 0 aliphatic rings. The average Bonchev–Trinajstić information content (AvgIpc) is 2.55. The highest BCUT2D eigenvalue weighted by Gasteiger charge is 2.07. The second-order valence-electron chi connectivity index (χ2n) is 5.36. The highest BCUT2D eigenvalue weighted by atomic mass is 79.9. The molecule has 0 saturated heterocycles. The van der Waals surface area contributed by atoms with Crippen LogP contribution in [0.3, 0.4) is 0 Å². The minimum Gasteiger partial charge on any atom is -0.452 e. The molecule has 0 aliphatic heterocycles. The smallest absolute Gasteiger partial charge is 0.331 e. The van der Waals surface area contributed by atoms with Gasteiger partial charge in [0.1, 0.15) is 0 Å². The van der Waals surface area contributed by atoms with Crippen LogP contribution in [0.4, 0.5) is 5.69 Å². The maximum Gasteiger partial charge on any atom is 0.331 e. The molecule has 0 atom stereocenters. The van der Waals surface area contributed by atoms with E-state index < -0.39 is 5.97 Å². The van der Waals surface area contributed by atoms with E-state index in [1.165, 1.54) is 6.08 Å². The first-order valence-electron chi connectivity index (χ1n) is 7.41. The molecule has 24 heavy (non-hydrogen) atoms. The van der Waals surface area contributed by atoms with Crippen LogP contribution in [-0.2, 0) is 14.3 Å². The molecule has 5 heteroatoms. The molecule has 0 spiro atoms. The van der Waals surface area contributed by atoms with E-state index in [0.29, 0.717) is 5.69 Å². The normalized spacial score (nSPS) is 10.6. The molecule has 0 unspecified atom stereocenters. The lowest BCUT2D eigenvalue weighted by atomic mass is 10.1. The minimum atomic E-state index is -0.557. The Hall–Kier alpha value is -2.40. The van der Waals surface area contributed by atoms with Crippen LogP contribution in [0.25, 0.3) is 6.08 Å². The lowest BCUT2D eigenvalue weighted by Gasteiger charge is -2.08. The number of hydrogen-bond acceptors (Lipinski definition) is 3. The Bertz CT molecular complexity index is 767. The average molecular weight is 388 g/mol. The van der Waals surface area contributed by atoms with E-state index in [4.69, 9.17) is 4.74 Å². The fourth-order valence-electron chi connectivity index (χ4n) is 1.98. The van der Waals surface area contributed by atoms with Gasteiger partial charge < -0.3 is 10.1 Å². The van der Waals surface area contributed by atoms with Gasteiger partial charge in [-0.2, -0.15) is 0 Å². The Morgan fingerprint density at radius 3 is 2.50 bits per heavy atom. The maximum atomic E-state index is 11.8. The lowest BCUT2D eigenvalue weighted by Crippen LogP contribution is -2.20. The molecular weight excluding hydrogens is 370 g/mol. The molecule has 124 valence electrons. The van der Waals surface area contributed by atoms with Crippen molar-refractivity contribution >= 4 is 39.6 Å². The number of carbonyl (C=O) groups excluding carboxylic acids is 2. The number of anilines is 1. The van der Waals surface area contributed by atoms with Gasteiger partial charge in [0.15, 0.2) is 6.61 Å². The zero-order valence-electron chi connectivity index (χ0n) is 13.5. The van der Waals surface area contributed by atoms with Crippen molar-refractivity contribution in [3.63, 3.8) is 0 Å². The topological polar surface area (TPSA) is 55.4 Å². The van der Waals surface area contributed by atoms with Crippen LogP contribution >= 0.6 is 15.9 Å². The van der Waals surface area contributed by atoms with Crippen LogP contribution in [0.2, 0.25) is 0 Å². The summed E-state index contributed by atoms with van der Waals surface area (Å²) in [6.07, 6.45) is 2.96. The number of esters is 1. The summed E-state index contributed by atoms with van der Waals surface area (Å²) in [5.74, 6) is -0.934. The standard InChI is InChI=1S/C19H18BrNO3/c1-13-3-5-15(6-4-13)7-10-19(23)24-12-18(22)21-17-9-8-16(20)11-14(17)2/h3-11H,12H2,1-2H3,(H,21,22)/b10-7+. The van der Waals surface area contributed by atoms with E-state index >= 15 is 0 Å². The van der Waals surface area contributed by atoms with Crippen LogP contribution in [-0.4, -0.2) is 18.5 Å². The third-order valence-electron chi connectivity index (χ3n) is 3.30. The van der Waals surface area contributed by atoms with Crippen molar-refractivity contribution in [1.82, 2.24) is 0 Å².